The van der Waals surface area contributed by atoms with E-state index in [4.69, 9.17) is 9.47 Å². The van der Waals surface area contributed by atoms with Gasteiger partial charge in [-0.2, -0.15) is 5.26 Å². The number of rotatable bonds is 5. The van der Waals surface area contributed by atoms with Crippen LogP contribution in [0.25, 0.3) is 0 Å². The molecule has 2 aromatic carbocycles. The topological polar surface area (TPSA) is 88.4 Å². The molecule has 6 heteroatoms. The molecule has 0 aromatic heterocycles. The van der Waals surface area contributed by atoms with Crippen LogP contribution in [0, 0.1) is 17.2 Å². The molecule has 2 aliphatic rings. The van der Waals surface area contributed by atoms with Crippen molar-refractivity contribution in [3.63, 3.8) is 0 Å². The van der Waals surface area contributed by atoms with Crippen molar-refractivity contribution < 1.29 is 19.1 Å². The first-order valence-electron chi connectivity index (χ1n) is 9.26. The second kappa shape index (κ2) is 7.01. The van der Waals surface area contributed by atoms with Crippen molar-refractivity contribution in [2.75, 3.05) is 6.61 Å². The van der Waals surface area contributed by atoms with Crippen LogP contribution in [-0.4, -0.2) is 24.0 Å². The Balaban J connectivity index is 1.49. The highest BCUT2D eigenvalue weighted by molar-refractivity contribution is 5.88. The second-order valence-corrected chi connectivity index (χ2v) is 7.36. The third-order valence-corrected chi connectivity index (χ3v) is 5.29. The number of amides is 1. The summed E-state index contributed by atoms with van der Waals surface area (Å²) in [6, 6.07) is 16.7. The average Bonchev–Trinajstić information content (AvgIpc) is 3.56. The Kier molecular flexibility index (Phi) is 4.52. The molecule has 0 spiro atoms. The molecular weight excluding hydrogens is 356 g/mol. The van der Waals surface area contributed by atoms with Gasteiger partial charge in [0.1, 0.15) is 23.0 Å². The second-order valence-electron chi connectivity index (χ2n) is 7.36. The van der Waals surface area contributed by atoms with Gasteiger partial charge in [-0.1, -0.05) is 36.4 Å². The minimum Gasteiger partial charge on any atom is -0.457 e. The standard InChI is InChI=1S/C22H20N2O4/c1-22(13-23,14-10-11-14)24-19(25)12-27-21(26)20-15-6-2-4-8-17(15)28-18-9-5-3-7-16(18)20/h2-9,14,20H,10-12H2,1H3,(H,24,25)/t22-/m1/s1. The third kappa shape index (κ3) is 3.31. The quantitative estimate of drug-likeness (QED) is 0.809. The molecule has 1 amide bonds. The molecule has 28 heavy (non-hydrogen) atoms. The zero-order valence-electron chi connectivity index (χ0n) is 15.5. The van der Waals surface area contributed by atoms with Gasteiger partial charge in [0.15, 0.2) is 6.61 Å². The van der Waals surface area contributed by atoms with E-state index in [9.17, 15) is 14.9 Å². The number of fused-ring (bicyclic) bond motifs is 2. The molecule has 0 unspecified atom stereocenters. The van der Waals surface area contributed by atoms with Crippen LogP contribution in [0.3, 0.4) is 0 Å². The molecule has 0 saturated heterocycles. The molecule has 1 heterocycles. The molecule has 1 aliphatic heterocycles. The number of hydrogen-bond donors (Lipinski definition) is 1. The average molecular weight is 376 g/mol. The van der Waals surface area contributed by atoms with Gasteiger partial charge in [0.05, 0.1) is 6.07 Å². The Bertz CT molecular complexity index is 931. The number of benzene rings is 2. The highest BCUT2D eigenvalue weighted by atomic mass is 16.5. The lowest BCUT2D eigenvalue weighted by Crippen LogP contribution is -2.48. The summed E-state index contributed by atoms with van der Waals surface area (Å²) in [5.74, 6) is -0.315. The number of hydrogen-bond acceptors (Lipinski definition) is 5. The van der Waals surface area contributed by atoms with Crippen LogP contribution in [0.5, 0.6) is 11.5 Å². The molecule has 1 N–H and O–H groups in total. The Hall–Kier alpha value is -3.33. The normalized spacial score (nSPS) is 17.1. The lowest BCUT2D eigenvalue weighted by molar-refractivity contribution is -0.149. The summed E-state index contributed by atoms with van der Waals surface area (Å²) in [5.41, 5.74) is 0.486. The minimum atomic E-state index is -0.915. The maximum Gasteiger partial charge on any atom is 0.318 e. The molecule has 6 nitrogen and oxygen atoms in total. The largest absolute Gasteiger partial charge is 0.457 e. The van der Waals surface area contributed by atoms with E-state index in [1.54, 1.807) is 19.1 Å². The molecule has 1 aliphatic carbocycles. The zero-order chi connectivity index (χ0) is 19.7. The van der Waals surface area contributed by atoms with E-state index in [-0.39, 0.29) is 5.92 Å². The summed E-state index contributed by atoms with van der Waals surface area (Å²) >= 11 is 0. The number of nitrogens with one attached hydrogen (secondary N) is 1. The summed E-state index contributed by atoms with van der Waals surface area (Å²) in [5, 5.41) is 12.1. The Morgan fingerprint density at radius 2 is 1.71 bits per heavy atom. The van der Waals surface area contributed by atoms with Gasteiger partial charge in [-0.3, -0.25) is 9.59 Å². The maximum absolute atomic E-state index is 12.9. The summed E-state index contributed by atoms with van der Waals surface area (Å²) in [6.45, 7) is 1.28. The molecule has 1 saturated carbocycles. The van der Waals surface area contributed by atoms with E-state index in [1.807, 2.05) is 36.4 Å². The molecule has 0 bridgehead atoms. The fourth-order valence-corrected chi connectivity index (χ4v) is 3.59. The third-order valence-electron chi connectivity index (χ3n) is 5.29. The first-order chi connectivity index (χ1) is 13.5. The van der Waals surface area contributed by atoms with E-state index in [0.717, 1.165) is 12.8 Å². The summed E-state index contributed by atoms with van der Waals surface area (Å²) < 4.78 is 11.2. The van der Waals surface area contributed by atoms with Crippen molar-refractivity contribution in [1.82, 2.24) is 5.32 Å². The summed E-state index contributed by atoms with van der Waals surface area (Å²) in [4.78, 5) is 25.2. The van der Waals surface area contributed by atoms with Crippen molar-refractivity contribution in [2.24, 2.45) is 5.92 Å². The van der Waals surface area contributed by atoms with Crippen LogP contribution in [0.1, 0.15) is 36.8 Å². The van der Waals surface area contributed by atoms with Gasteiger partial charge in [-0.05, 0) is 37.8 Å². The van der Waals surface area contributed by atoms with Crippen LogP contribution in [0.4, 0.5) is 0 Å². The van der Waals surface area contributed by atoms with Gasteiger partial charge < -0.3 is 14.8 Å². The minimum absolute atomic E-state index is 0.159. The first-order valence-corrected chi connectivity index (χ1v) is 9.26. The predicted molar refractivity (Wildman–Crippen MR) is 101 cm³/mol. The first kappa shape index (κ1) is 18.1. The van der Waals surface area contributed by atoms with Crippen molar-refractivity contribution in [1.29, 1.82) is 5.26 Å². The predicted octanol–water partition coefficient (Wildman–Crippen LogP) is 3.28. The number of para-hydroxylation sites is 2. The van der Waals surface area contributed by atoms with Gasteiger partial charge in [0, 0.05) is 11.1 Å². The zero-order valence-corrected chi connectivity index (χ0v) is 15.5. The molecular formula is C22H20N2O4. The summed E-state index contributed by atoms with van der Waals surface area (Å²) in [6.07, 6.45) is 1.83. The SMILES string of the molecule is C[C@](C#N)(NC(=O)COC(=O)C1c2ccccc2Oc2ccccc21)C1CC1. The molecule has 142 valence electrons. The Morgan fingerprint density at radius 3 is 2.25 bits per heavy atom. The number of carbonyl (C=O) groups excluding carboxylic acids is 2. The van der Waals surface area contributed by atoms with Crippen molar-refractivity contribution >= 4 is 11.9 Å². The maximum atomic E-state index is 12.9. The number of nitrogens with zero attached hydrogens (tertiary/aromatic N) is 1. The van der Waals surface area contributed by atoms with Crippen molar-refractivity contribution in [3.05, 3.63) is 59.7 Å². The van der Waals surface area contributed by atoms with E-state index >= 15 is 0 Å². The lowest BCUT2D eigenvalue weighted by atomic mass is 9.88. The lowest BCUT2D eigenvalue weighted by Gasteiger charge is -2.27. The Labute approximate surface area is 163 Å². The van der Waals surface area contributed by atoms with Crippen molar-refractivity contribution in [2.45, 2.75) is 31.2 Å². The van der Waals surface area contributed by atoms with Gasteiger partial charge in [-0.15, -0.1) is 0 Å². The monoisotopic (exact) mass is 376 g/mol. The number of carbonyl (C=O) groups is 2. The molecule has 0 radical (unpaired) electrons. The molecule has 4 rings (SSSR count). The van der Waals surface area contributed by atoms with Gasteiger partial charge >= 0.3 is 5.97 Å². The molecule has 2 aromatic rings. The highest BCUT2D eigenvalue weighted by Crippen LogP contribution is 2.44. The number of nitriles is 1. The molecule has 1 atom stereocenters. The van der Waals surface area contributed by atoms with Gasteiger partial charge in [0.25, 0.3) is 5.91 Å². The van der Waals surface area contributed by atoms with Crippen LogP contribution < -0.4 is 10.1 Å². The fraction of sp³-hybridized carbons (Fsp3) is 0.318. The summed E-state index contributed by atoms with van der Waals surface area (Å²) in [7, 11) is 0. The fourth-order valence-electron chi connectivity index (χ4n) is 3.59. The van der Waals surface area contributed by atoms with Crippen molar-refractivity contribution in [3.8, 4) is 17.6 Å². The van der Waals surface area contributed by atoms with Crippen LogP contribution in [-0.2, 0) is 14.3 Å². The highest BCUT2D eigenvalue weighted by Gasteiger charge is 2.43. The van der Waals surface area contributed by atoms with Crippen LogP contribution in [0.2, 0.25) is 0 Å². The number of ether oxygens (including phenoxy) is 2. The molecule has 1 fully saturated rings. The van der Waals surface area contributed by atoms with Crippen LogP contribution >= 0.6 is 0 Å². The number of esters is 1. The van der Waals surface area contributed by atoms with E-state index in [1.165, 1.54) is 0 Å². The van der Waals surface area contributed by atoms with Crippen LogP contribution in [0.15, 0.2) is 48.5 Å². The van der Waals surface area contributed by atoms with E-state index in [2.05, 4.69) is 11.4 Å². The smallest absolute Gasteiger partial charge is 0.318 e. The van der Waals surface area contributed by atoms with Gasteiger partial charge in [0.2, 0.25) is 0 Å². The van der Waals surface area contributed by atoms with E-state index < -0.39 is 29.9 Å². The van der Waals surface area contributed by atoms with E-state index in [0.29, 0.717) is 22.6 Å². The Morgan fingerprint density at radius 1 is 1.14 bits per heavy atom. The van der Waals surface area contributed by atoms with Gasteiger partial charge in [-0.25, -0.2) is 0 Å².